The molecule has 0 heterocycles. The lowest BCUT2D eigenvalue weighted by molar-refractivity contribution is -0.122. The number of benzene rings is 2. The van der Waals surface area contributed by atoms with Crippen LogP contribution in [-0.2, 0) is 4.79 Å². The second-order valence-corrected chi connectivity index (χ2v) is 7.59. The molecule has 0 saturated heterocycles. The standard InChI is InChI=1S/C22H25N3O2/c23-22(27)24-19-7-2-1-6-18(19)20(25-21(26)17-12-13-17)16-10-8-15(9-11-16)14-4-3-5-14/h1-2,6-11,14,17,20H,3-5,12-13H2,(H,25,26)(H3,23,24,27). The molecule has 2 saturated carbocycles. The highest BCUT2D eigenvalue weighted by Crippen LogP contribution is 2.38. The minimum Gasteiger partial charge on any atom is -0.351 e. The van der Waals surface area contributed by atoms with Crippen LogP contribution in [0.25, 0.3) is 0 Å². The van der Waals surface area contributed by atoms with Crippen LogP contribution in [-0.4, -0.2) is 11.9 Å². The number of primary amides is 1. The molecule has 140 valence electrons. The molecule has 0 radical (unpaired) electrons. The van der Waals surface area contributed by atoms with Crippen LogP contribution in [0.3, 0.4) is 0 Å². The van der Waals surface area contributed by atoms with E-state index >= 15 is 0 Å². The normalized spacial score (nSPS) is 17.6. The molecule has 0 aromatic heterocycles. The summed E-state index contributed by atoms with van der Waals surface area (Å²) in [6.45, 7) is 0. The molecule has 2 aromatic carbocycles. The van der Waals surface area contributed by atoms with E-state index in [-0.39, 0.29) is 17.9 Å². The first-order valence-corrected chi connectivity index (χ1v) is 9.67. The van der Waals surface area contributed by atoms with Gasteiger partial charge in [0.05, 0.1) is 6.04 Å². The van der Waals surface area contributed by atoms with Crippen molar-refractivity contribution in [3.8, 4) is 0 Å². The lowest BCUT2D eigenvalue weighted by atomic mass is 9.79. The molecule has 5 nitrogen and oxygen atoms in total. The summed E-state index contributed by atoms with van der Waals surface area (Å²) in [6.07, 6.45) is 5.71. The van der Waals surface area contributed by atoms with E-state index in [9.17, 15) is 9.59 Å². The van der Waals surface area contributed by atoms with Crippen LogP contribution in [0.4, 0.5) is 10.5 Å². The van der Waals surface area contributed by atoms with Gasteiger partial charge in [-0.05, 0) is 48.8 Å². The number of nitrogens with two attached hydrogens (primary N) is 1. The molecule has 1 atom stereocenters. The summed E-state index contributed by atoms with van der Waals surface area (Å²) in [5, 5.41) is 5.85. The summed E-state index contributed by atoms with van der Waals surface area (Å²) in [4.78, 5) is 23.9. The number of amides is 3. The van der Waals surface area contributed by atoms with Gasteiger partial charge in [0.25, 0.3) is 0 Å². The van der Waals surface area contributed by atoms with Crippen LogP contribution in [0.2, 0.25) is 0 Å². The summed E-state index contributed by atoms with van der Waals surface area (Å²) in [5.74, 6) is 0.845. The first-order chi connectivity index (χ1) is 13.1. The first-order valence-electron chi connectivity index (χ1n) is 9.67. The number of rotatable bonds is 6. The fourth-order valence-electron chi connectivity index (χ4n) is 3.64. The molecular formula is C22H25N3O2. The molecule has 1 unspecified atom stereocenters. The van der Waals surface area contributed by atoms with Crippen molar-refractivity contribution in [2.24, 2.45) is 11.7 Å². The molecule has 4 rings (SSSR count). The van der Waals surface area contributed by atoms with Gasteiger partial charge in [-0.25, -0.2) is 4.79 Å². The largest absolute Gasteiger partial charge is 0.351 e. The van der Waals surface area contributed by atoms with Gasteiger partial charge in [0.15, 0.2) is 0 Å². The smallest absolute Gasteiger partial charge is 0.316 e. The summed E-state index contributed by atoms with van der Waals surface area (Å²) in [5.41, 5.74) is 9.15. The number of anilines is 1. The highest BCUT2D eigenvalue weighted by Gasteiger charge is 2.32. The number of carbonyl (C=O) groups is 2. The molecular weight excluding hydrogens is 338 g/mol. The van der Waals surface area contributed by atoms with Crippen molar-refractivity contribution in [2.45, 2.75) is 44.1 Å². The maximum absolute atomic E-state index is 12.5. The van der Waals surface area contributed by atoms with E-state index in [0.717, 1.165) is 24.0 Å². The van der Waals surface area contributed by atoms with Gasteiger partial charge in [0, 0.05) is 17.2 Å². The molecule has 5 heteroatoms. The van der Waals surface area contributed by atoms with E-state index in [1.165, 1.54) is 24.8 Å². The van der Waals surface area contributed by atoms with Gasteiger partial charge in [-0.15, -0.1) is 0 Å². The van der Waals surface area contributed by atoms with Crippen LogP contribution < -0.4 is 16.4 Å². The SMILES string of the molecule is NC(=O)Nc1ccccc1C(NC(=O)C1CC1)c1ccc(C2CCC2)cc1. The number of hydrogen-bond acceptors (Lipinski definition) is 2. The molecule has 0 spiro atoms. The third-order valence-corrected chi connectivity index (χ3v) is 5.61. The van der Waals surface area contributed by atoms with Crippen molar-refractivity contribution in [1.82, 2.24) is 5.32 Å². The number of carbonyl (C=O) groups excluding carboxylic acids is 2. The predicted octanol–water partition coefficient (Wildman–Crippen LogP) is 4.06. The zero-order valence-electron chi connectivity index (χ0n) is 15.3. The highest BCUT2D eigenvalue weighted by atomic mass is 16.2. The van der Waals surface area contributed by atoms with Gasteiger partial charge in [0.1, 0.15) is 0 Å². The Bertz CT molecular complexity index is 839. The second kappa shape index (κ2) is 7.43. The Morgan fingerprint density at radius 2 is 1.67 bits per heavy atom. The fraction of sp³-hybridized carbons (Fsp3) is 0.364. The van der Waals surface area contributed by atoms with E-state index in [1.54, 1.807) is 6.07 Å². The van der Waals surface area contributed by atoms with Gasteiger partial charge >= 0.3 is 6.03 Å². The van der Waals surface area contributed by atoms with Crippen molar-refractivity contribution >= 4 is 17.6 Å². The highest BCUT2D eigenvalue weighted by molar-refractivity contribution is 5.89. The Balaban J connectivity index is 1.66. The zero-order valence-corrected chi connectivity index (χ0v) is 15.3. The Morgan fingerprint density at radius 1 is 0.963 bits per heavy atom. The minimum atomic E-state index is -0.616. The van der Waals surface area contributed by atoms with Crippen LogP contribution in [0.15, 0.2) is 48.5 Å². The third kappa shape index (κ3) is 3.97. The Labute approximate surface area is 159 Å². The summed E-state index contributed by atoms with van der Waals surface area (Å²) in [7, 11) is 0. The molecule has 2 fully saturated rings. The topological polar surface area (TPSA) is 84.2 Å². The lowest BCUT2D eigenvalue weighted by Crippen LogP contribution is -2.31. The average Bonchev–Trinajstić information content (AvgIpc) is 3.44. The van der Waals surface area contributed by atoms with E-state index in [0.29, 0.717) is 11.6 Å². The van der Waals surface area contributed by atoms with Gasteiger partial charge in [0.2, 0.25) is 5.91 Å². The van der Waals surface area contributed by atoms with Gasteiger partial charge < -0.3 is 16.4 Å². The average molecular weight is 363 g/mol. The Hall–Kier alpha value is -2.82. The number of urea groups is 1. The zero-order chi connectivity index (χ0) is 18.8. The number of hydrogen-bond donors (Lipinski definition) is 3. The van der Waals surface area contributed by atoms with Crippen molar-refractivity contribution < 1.29 is 9.59 Å². The van der Waals surface area contributed by atoms with E-state index < -0.39 is 6.03 Å². The maximum atomic E-state index is 12.5. The van der Waals surface area contributed by atoms with Gasteiger partial charge in [-0.3, -0.25) is 4.79 Å². The summed E-state index contributed by atoms with van der Waals surface area (Å²) in [6, 6.07) is 15.0. The van der Waals surface area contributed by atoms with Crippen LogP contribution in [0, 0.1) is 5.92 Å². The van der Waals surface area contributed by atoms with Crippen molar-refractivity contribution in [3.05, 3.63) is 65.2 Å². The molecule has 0 bridgehead atoms. The maximum Gasteiger partial charge on any atom is 0.316 e. The lowest BCUT2D eigenvalue weighted by Gasteiger charge is -2.27. The van der Waals surface area contributed by atoms with Crippen LogP contribution in [0.5, 0.6) is 0 Å². The third-order valence-electron chi connectivity index (χ3n) is 5.61. The van der Waals surface area contributed by atoms with Gasteiger partial charge in [-0.2, -0.15) is 0 Å². The summed E-state index contributed by atoms with van der Waals surface area (Å²) < 4.78 is 0. The molecule has 3 amide bonds. The first kappa shape index (κ1) is 17.6. The van der Waals surface area contributed by atoms with E-state index in [2.05, 4.69) is 34.9 Å². The minimum absolute atomic E-state index is 0.0666. The second-order valence-electron chi connectivity index (χ2n) is 7.59. The monoisotopic (exact) mass is 363 g/mol. The van der Waals surface area contributed by atoms with Gasteiger partial charge in [-0.1, -0.05) is 48.9 Å². The molecule has 4 N–H and O–H groups in total. The van der Waals surface area contributed by atoms with Crippen molar-refractivity contribution in [2.75, 3.05) is 5.32 Å². The molecule has 2 aromatic rings. The Morgan fingerprint density at radius 3 is 2.26 bits per heavy atom. The predicted molar refractivity (Wildman–Crippen MR) is 105 cm³/mol. The summed E-state index contributed by atoms with van der Waals surface area (Å²) >= 11 is 0. The molecule has 27 heavy (non-hydrogen) atoms. The Kier molecular flexibility index (Phi) is 4.84. The van der Waals surface area contributed by atoms with Crippen molar-refractivity contribution in [3.63, 3.8) is 0 Å². The van der Waals surface area contributed by atoms with Crippen molar-refractivity contribution in [1.29, 1.82) is 0 Å². The molecule has 2 aliphatic carbocycles. The van der Waals surface area contributed by atoms with E-state index in [1.807, 2.05) is 18.2 Å². The molecule has 2 aliphatic rings. The quantitative estimate of drug-likeness (QED) is 0.723. The van der Waals surface area contributed by atoms with Crippen LogP contribution >= 0.6 is 0 Å². The number of para-hydroxylation sites is 1. The van der Waals surface area contributed by atoms with Crippen LogP contribution in [0.1, 0.15) is 60.8 Å². The number of nitrogens with one attached hydrogen (secondary N) is 2. The molecule has 0 aliphatic heterocycles. The van der Waals surface area contributed by atoms with E-state index in [4.69, 9.17) is 5.73 Å². The fourth-order valence-corrected chi connectivity index (χ4v) is 3.64.